The molecule has 7 nitrogen and oxygen atoms in total. The minimum absolute atomic E-state index is 0.0880. The first-order valence-corrected chi connectivity index (χ1v) is 12.9. The molecule has 0 aromatic heterocycles. The van der Waals surface area contributed by atoms with E-state index in [9.17, 15) is 13.2 Å². The molecule has 0 saturated carbocycles. The highest BCUT2D eigenvalue weighted by atomic mass is 35.5. The van der Waals surface area contributed by atoms with Crippen LogP contribution in [0, 0.1) is 18.8 Å². The van der Waals surface area contributed by atoms with Gasteiger partial charge in [0.05, 0.1) is 12.0 Å². The van der Waals surface area contributed by atoms with Crippen molar-refractivity contribution < 1.29 is 17.9 Å². The number of anilines is 1. The third-order valence-electron chi connectivity index (χ3n) is 5.96. The van der Waals surface area contributed by atoms with Crippen LogP contribution in [0.15, 0.2) is 47.4 Å². The van der Waals surface area contributed by atoms with Crippen molar-refractivity contribution >= 4 is 33.2 Å². The molecule has 1 fully saturated rings. The van der Waals surface area contributed by atoms with Crippen LogP contribution in [0.4, 0.5) is 5.69 Å². The number of methoxy groups -OCH3 is 1. The number of ether oxygens (including phenoxy) is 1. The number of hydrogen-bond donors (Lipinski definition) is 2. The number of halogens is 1. The summed E-state index contributed by atoms with van der Waals surface area (Å²) >= 11 is 6.17. The van der Waals surface area contributed by atoms with Crippen LogP contribution < -0.4 is 19.7 Å². The Bertz CT molecular complexity index is 1070. The van der Waals surface area contributed by atoms with E-state index in [0.29, 0.717) is 17.3 Å². The van der Waals surface area contributed by atoms with Gasteiger partial charge in [0.15, 0.2) is 0 Å². The molecule has 1 aliphatic rings. The van der Waals surface area contributed by atoms with Crippen LogP contribution in [0.1, 0.15) is 25.8 Å². The van der Waals surface area contributed by atoms with Gasteiger partial charge in [-0.1, -0.05) is 31.5 Å². The number of carbonyl (C=O) groups excluding carboxylic acids is 1. The van der Waals surface area contributed by atoms with Gasteiger partial charge >= 0.3 is 0 Å². The molecule has 0 bridgehead atoms. The van der Waals surface area contributed by atoms with E-state index in [4.69, 9.17) is 16.3 Å². The van der Waals surface area contributed by atoms with Crippen molar-refractivity contribution in [2.75, 3.05) is 31.6 Å². The van der Waals surface area contributed by atoms with Crippen molar-refractivity contribution in [2.24, 2.45) is 11.8 Å². The Morgan fingerprint density at radius 3 is 2.55 bits per heavy atom. The largest absolute Gasteiger partial charge is 0.497 e. The van der Waals surface area contributed by atoms with Crippen LogP contribution in [-0.2, 0) is 14.8 Å². The third-order valence-corrected chi connectivity index (χ3v) is 7.66. The van der Waals surface area contributed by atoms with E-state index >= 15 is 0 Å². The number of aryl methyl sites for hydroxylation is 1. The molecule has 1 saturated heterocycles. The van der Waals surface area contributed by atoms with Crippen LogP contribution in [0.3, 0.4) is 0 Å². The van der Waals surface area contributed by atoms with Crippen LogP contribution in [0.2, 0.25) is 5.02 Å². The first kappa shape index (κ1) is 25.3. The van der Waals surface area contributed by atoms with Gasteiger partial charge in [0.25, 0.3) is 0 Å². The van der Waals surface area contributed by atoms with Gasteiger partial charge in [0.2, 0.25) is 15.9 Å². The van der Waals surface area contributed by atoms with Crippen LogP contribution >= 0.6 is 11.6 Å². The zero-order chi connectivity index (χ0) is 24.2. The molecule has 0 spiro atoms. The van der Waals surface area contributed by atoms with Gasteiger partial charge in [-0.15, -0.1) is 0 Å². The SMILES string of the molecule is COc1ccc(S(=O)(=O)N[C@H](C(=O)NCC2CCN(c3cc(Cl)ccc3C)C2)C(C)C)cc1. The summed E-state index contributed by atoms with van der Waals surface area (Å²) in [5, 5.41) is 3.66. The summed E-state index contributed by atoms with van der Waals surface area (Å²) < 4.78 is 33.3. The molecular formula is C24H32ClN3O4S. The second-order valence-electron chi connectivity index (χ2n) is 8.80. The van der Waals surface area contributed by atoms with Gasteiger partial charge in [-0.2, -0.15) is 4.72 Å². The van der Waals surface area contributed by atoms with Gasteiger partial charge < -0.3 is 15.0 Å². The average Bonchev–Trinajstić information content (AvgIpc) is 3.26. The summed E-state index contributed by atoms with van der Waals surface area (Å²) in [4.78, 5) is 15.3. The van der Waals surface area contributed by atoms with Crippen molar-refractivity contribution in [3.63, 3.8) is 0 Å². The molecule has 2 aromatic carbocycles. The predicted molar refractivity (Wildman–Crippen MR) is 131 cm³/mol. The summed E-state index contributed by atoms with van der Waals surface area (Å²) in [7, 11) is -2.34. The zero-order valence-electron chi connectivity index (χ0n) is 19.5. The van der Waals surface area contributed by atoms with Crippen LogP contribution in [-0.4, -0.2) is 47.1 Å². The second kappa shape index (κ2) is 10.8. The first-order valence-electron chi connectivity index (χ1n) is 11.1. The fourth-order valence-electron chi connectivity index (χ4n) is 3.98. The van der Waals surface area contributed by atoms with E-state index in [0.717, 1.165) is 30.8 Å². The molecule has 0 radical (unpaired) electrons. The minimum atomic E-state index is -3.85. The zero-order valence-corrected chi connectivity index (χ0v) is 21.0. The standard InChI is InChI=1S/C24H32ClN3O4S/c1-16(2)23(27-33(30,31)21-9-7-20(32-4)8-10-21)24(29)26-14-18-11-12-28(15-18)22-13-19(25)6-5-17(22)3/h5-10,13,16,18,23,27H,11-12,14-15H2,1-4H3,(H,26,29)/t18?,23-/m0/s1. The number of hydrogen-bond acceptors (Lipinski definition) is 5. The Kier molecular flexibility index (Phi) is 8.26. The van der Waals surface area contributed by atoms with Gasteiger partial charge in [-0.25, -0.2) is 8.42 Å². The van der Waals surface area contributed by atoms with Gasteiger partial charge in [-0.3, -0.25) is 4.79 Å². The van der Waals surface area contributed by atoms with E-state index in [-0.39, 0.29) is 22.6 Å². The van der Waals surface area contributed by atoms with E-state index in [1.807, 2.05) is 32.0 Å². The fraction of sp³-hybridized carbons (Fsp3) is 0.458. The van der Waals surface area contributed by atoms with Crippen molar-refractivity contribution in [3.8, 4) is 5.75 Å². The third kappa shape index (κ3) is 6.40. The molecule has 180 valence electrons. The lowest BCUT2D eigenvalue weighted by Crippen LogP contribution is -2.50. The highest BCUT2D eigenvalue weighted by molar-refractivity contribution is 7.89. The fourth-order valence-corrected chi connectivity index (χ4v) is 5.49. The lowest BCUT2D eigenvalue weighted by atomic mass is 10.0. The number of carbonyl (C=O) groups is 1. The number of benzene rings is 2. The molecule has 33 heavy (non-hydrogen) atoms. The highest BCUT2D eigenvalue weighted by Gasteiger charge is 2.30. The molecule has 1 heterocycles. The molecule has 3 rings (SSSR count). The topological polar surface area (TPSA) is 87.7 Å². The molecule has 0 aliphatic carbocycles. The van der Waals surface area contributed by atoms with Crippen molar-refractivity contribution in [1.29, 1.82) is 0 Å². The highest BCUT2D eigenvalue weighted by Crippen LogP contribution is 2.29. The Morgan fingerprint density at radius 2 is 1.91 bits per heavy atom. The molecule has 9 heteroatoms. The predicted octanol–water partition coefficient (Wildman–Crippen LogP) is 3.60. The summed E-state index contributed by atoms with van der Waals surface area (Å²) in [5.41, 5.74) is 2.28. The normalized spacial score (nSPS) is 17.3. The summed E-state index contributed by atoms with van der Waals surface area (Å²) in [5.74, 6) is 0.302. The summed E-state index contributed by atoms with van der Waals surface area (Å²) in [6, 6.07) is 11.1. The van der Waals surface area contributed by atoms with E-state index in [1.54, 1.807) is 12.1 Å². The Balaban J connectivity index is 1.60. The monoisotopic (exact) mass is 493 g/mol. The molecule has 1 unspecified atom stereocenters. The maximum atomic E-state index is 12.9. The van der Waals surface area contributed by atoms with Crippen LogP contribution in [0.25, 0.3) is 0 Å². The number of nitrogens with zero attached hydrogens (tertiary/aromatic N) is 1. The first-order chi connectivity index (χ1) is 15.6. The summed E-state index contributed by atoms with van der Waals surface area (Å²) in [6.45, 7) is 7.89. The maximum Gasteiger partial charge on any atom is 0.241 e. The lowest BCUT2D eigenvalue weighted by Gasteiger charge is -2.23. The van der Waals surface area contributed by atoms with Crippen molar-refractivity contribution in [1.82, 2.24) is 10.0 Å². The maximum absolute atomic E-state index is 12.9. The quantitative estimate of drug-likeness (QED) is 0.557. The van der Waals surface area contributed by atoms with E-state index in [2.05, 4.69) is 21.9 Å². The van der Waals surface area contributed by atoms with E-state index < -0.39 is 16.1 Å². The minimum Gasteiger partial charge on any atom is -0.497 e. The van der Waals surface area contributed by atoms with Gasteiger partial charge in [0, 0.05) is 30.3 Å². The molecule has 1 aliphatic heterocycles. The molecule has 2 atom stereocenters. The second-order valence-corrected chi connectivity index (χ2v) is 10.9. The van der Waals surface area contributed by atoms with Crippen molar-refractivity contribution in [3.05, 3.63) is 53.1 Å². The smallest absolute Gasteiger partial charge is 0.241 e. The number of rotatable bonds is 9. The number of sulfonamides is 1. The Hall–Kier alpha value is -2.29. The van der Waals surface area contributed by atoms with Crippen molar-refractivity contribution in [2.45, 2.75) is 38.1 Å². The molecule has 2 aromatic rings. The lowest BCUT2D eigenvalue weighted by molar-refractivity contribution is -0.123. The molecular weight excluding hydrogens is 462 g/mol. The van der Waals surface area contributed by atoms with Gasteiger partial charge in [-0.05, 0) is 67.1 Å². The number of amides is 1. The summed E-state index contributed by atoms with van der Waals surface area (Å²) in [6.07, 6.45) is 0.941. The Labute approximate surface area is 201 Å². The Morgan fingerprint density at radius 1 is 1.21 bits per heavy atom. The average molecular weight is 494 g/mol. The van der Waals surface area contributed by atoms with Gasteiger partial charge in [0.1, 0.15) is 11.8 Å². The van der Waals surface area contributed by atoms with E-state index in [1.165, 1.54) is 19.2 Å². The van der Waals surface area contributed by atoms with Crippen LogP contribution in [0.5, 0.6) is 5.75 Å². The number of nitrogens with one attached hydrogen (secondary N) is 2. The molecule has 1 amide bonds. The molecule has 2 N–H and O–H groups in total.